The van der Waals surface area contributed by atoms with Crippen LogP contribution in [0.2, 0.25) is 0 Å². The van der Waals surface area contributed by atoms with E-state index in [1.807, 2.05) is 0 Å². The number of halogens is 2. The Morgan fingerprint density at radius 1 is 1.60 bits per heavy atom. The maximum atomic E-state index is 13.0. The summed E-state index contributed by atoms with van der Waals surface area (Å²) < 4.78 is 13.4. The fourth-order valence-corrected chi connectivity index (χ4v) is 1.57. The lowest BCUT2D eigenvalue weighted by atomic mass is 10.1. The summed E-state index contributed by atoms with van der Waals surface area (Å²) in [5, 5.41) is 17.9. The maximum Gasteiger partial charge on any atom is 0.320 e. The largest absolute Gasteiger partial charge is 0.505 e. The monoisotopic (exact) mass is 277 g/mol. The minimum absolute atomic E-state index is 0.139. The number of nitrogens with two attached hydrogens (primary N) is 1. The number of aliphatic carboxylic acids is 1. The van der Waals surface area contributed by atoms with Gasteiger partial charge in [-0.05, 0) is 12.1 Å². The number of phenols is 1. The van der Waals surface area contributed by atoms with Crippen LogP contribution in [0.25, 0.3) is 0 Å². The molecule has 1 unspecified atom stereocenters. The molecule has 15 heavy (non-hydrogen) atoms. The molecular weight excluding hydrogens is 269 g/mol. The van der Waals surface area contributed by atoms with Gasteiger partial charge in [0.05, 0.1) is 0 Å². The van der Waals surface area contributed by atoms with Crippen molar-refractivity contribution in [1.29, 1.82) is 0 Å². The average Bonchev–Trinajstić information content (AvgIpc) is 2.18. The van der Waals surface area contributed by atoms with Gasteiger partial charge in [0.1, 0.15) is 6.04 Å². The summed E-state index contributed by atoms with van der Waals surface area (Å²) in [4.78, 5) is 10.5. The van der Waals surface area contributed by atoms with Crippen molar-refractivity contribution >= 4 is 21.9 Å². The van der Waals surface area contributed by atoms with Crippen molar-refractivity contribution in [2.24, 2.45) is 5.73 Å². The predicted octanol–water partition coefficient (Wildman–Crippen LogP) is 1.25. The van der Waals surface area contributed by atoms with Crippen LogP contribution in [0, 0.1) is 5.82 Å². The van der Waals surface area contributed by atoms with Gasteiger partial charge in [-0.2, -0.15) is 0 Å². The summed E-state index contributed by atoms with van der Waals surface area (Å²) in [6.07, 6.45) is -0.139. The Bertz CT molecular complexity index is 397. The Hall–Kier alpha value is -1.14. The van der Waals surface area contributed by atoms with E-state index in [4.69, 9.17) is 10.8 Å². The second-order valence-corrected chi connectivity index (χ2v) is 3.86. The molecule has 0 heterocycles. The Balaban J connectivity index is 3.03. The van der Waals surface area contributed by atoms with Crippen molar-refractivity contribution in [1.82, 2.24) is 0 Å². The number of carboxylic acids is 1. The van der Waals surface area contributed by atoms with E-state index < -0.39 is 23.6 Å². The first kappa shape index (κ1) is 11.9. The van der Waals surface area contributed by atoms with Gasteiger partial charge in [-0.1, -0.05) is 15.9 Å². The first-order valence-corrected chi connectivity index (χ1v) is 4.87. The molecule has 0 aliphatic carbocycles. The summed E-state index contributed by atoms with van der Waals surface area (Å²) in [6.45, 7) is 0. The van der Waals surface area contributed by atoms with Gasteiger partial charge in [-0.25, -0.2) is 4.39 Å². The van der Waals surface area contributed by atoms with Gasteiger partial charge in [0.2, 0.25) is 0 Å². The van der Waals surface area contributed by atoms with Crippen LogP contribution >= 0.6 is 15.9 Å². The minimum Gasteiger partial charge on any atom is -0.505 e. The third-order valence-corrected chi connectivity index (χ3v) is 2.66. The van der Waals surface area contributed by atoms with Crippen LogP contribution in [0.5, 0.6) is 5.75 Å². The second-order valence-electron chi connectivity index (χ2n) is 3.01. The van der Waals surface area contributed by atoms with Crippen LogP contribution in [0.4, 0.5) is 4.39 Å². The quantitative estimate of drug-likeness (QED) is 0.777. The van der Waals surface area contributed by atoms with Gasteiger partial charge in [0.25, 0.3) is 0 Å². The predicted molar refractivity (Wildman–Crippen MR) is 55.1 cm³/mol. The molecule has 0 aliphatic rings. The maximum absolute atomic E-state index is 13.0. The lowest BCUT2D eigenvalue weighted by molar-refractivity contribution is -0.138. The van der Waals surface area contributed by atoms with E-state index in [1.165, 1.54) is 6.07 Å². The van der Waals surface area contributed by atoms with Gasteiger partial charge in [-0.15, -0.1) is 0 Å². The highest BCUT2D eigenvalue weighted by atomic mass is 79.9. The first-order valence-electron chi connectivity index (χ1n) is 4.07. The topological polar surface area (TPSA) is 83.5 Å². The molecule has 82 valence electrons. The number of carboxylic acid groups (broad SMARTS) is 1. The number of carbonyl (C=O) groups is 1. The second kappa shape index (κ2) is 4.59. The Morgan fingerprint density at radius 2 is 2.20 bits per heavy atom. The molecule has 0 saturated carbocycles. The standard InChI is InChI=1S/C9H9BrFNO3/c10-5-1-2-6(11)8(13)4(5)3-7(12)9(14)15/h1-2,7,13H,3,12H2,(H,14,15). The summed E-state index contributed by atoms with van der Waals surface area (Å²) >= 11 is 3.08. The molecule has 0 aliphatic heterocycles. The summed E-state index contributed by atoms with van der Waals surface area (Å²) in [5.74, 6) is -2.57. The van der Waals surface area contributed by atoms with Gasteiger partial charge < -0.3 is 15.9 Å². The molecule has 0 bridgehead atoms. The molecule has 0 amide bonds. The smallest absolute Gasteiger partial charge is 0.320 e. The molecule has 1 aromatic rings. The Labute approximate surface area is 93.6 Å². The summed E-state index contributed by atoms with van der Waals surface area (Å²) in [7, 11) is 0. The first-order chi connectivity index (χ1) is 6.93. The third kappa shape index (κ3) is 2.66. The van der Waals surface area contributed by atoms with Crippen molar-refractivity contribution in [2.45, 2.75) is 12.5 Å². The molecule has 0 radical (unpaired) electrons. The average molecular weight is 278 g/mol. The number of phenolic OH excluding ortho intramolecular Hbond substituents is 1. The van der Waals surface area contributed by atoms with E-state index in [1.54, 1.807) is 0 Å². The molecule has 0 aromatic heterocycles. The highest BCUT2D eigenvalue weighted by Crippen LogP contribution is 2.29. The molecule has 6 heteroatoms. The van der Waals surface area contributed by atoms with E-state index in [0.717, 1.165) is 6.07 Å². The molecule has 0 spiro atoms. The number of aromatic hydroxyl groups is 1. The minimum atomic E-state index is -1.20. The van der Waals surface area contributed by atoms with Gasteiger partial charge >= 0.3 is 5.97 Å². The Morgan fingerprint density at radius 3 is 2.73 bits per heavy atom. The summed E-state index contributed by atoms with van der Waals surface area (Å²) in [6, 6.07) is 1.29. The van der Waals surface area contributed by atoms with E-state index in [9.17, 15) is 14.3 Å². The number of rotatable bonds is 3. The highest BCUT2D eigenvalue weighted by molar-refractivity contribution is 9.10. The van der Waals surface area contributed by atoms with E-state index in [-0.39, 0.29) is 12.0 Å². The fraction of sp³-hybridized carbons (Fsp3) is 0.222. The van der Waals surface area contributed by atoms with Gasteiger partial charge in [0.15, 0.2) is 11.6 Å². The Kier molecular flexibility index (Phi) is 3.65. The van der Waals surface area contributed by atoms with Crippen molar-refractivity contribution < 1.29 is 19.4 Å². The van der Waals surface area contributed by atoms with Crippen molar-refractivity contribution in [3.63, 3.8) is 0 Å². The number of hydrogen-bond donors (Lipinski definition) is 3. The highest BCUT2D eigenvalue weighted by Gasteiger charge is 2.18. The van der Waals surface area contributed by atoms with Gasteiger partial charge in [-0.3, -0.25) is 4.79 Å². The molecule has 4 nitrogen and oxygen atoms in total. The van der Waals surface area contributed by atoms with Crippen LogP contribution in [0.1, 0.15) is 5.56 Å². The third-order valence-electron chi connectivity index (χ3n) is 1.92. The zero-order valence-electron chi connectivity index (χ0n) is 7.58. The SMILES string of the molecule is NC(Cc1c(Br)ccc(F)c1O)C(=O)O. The van der Waals surface area contributed by atoms with Crippen LogP contribution in [-0.2, 0) is 11.2 Å². The molecule has 1 rings (SSSR count). The van der Waals surface area contributed by atoms with Crippen molar-refractivity contribution in [3.05, 3.63) is 28.0 Å². The van der Waals surface area contributed by atoms with Crippen molar-refractivity contribution in [3.8, 4) is 5.75 Å². The molecular formula is C9H9BrFNO3. The fourth-order valence-electron chi connectivity index (χ4n) is 1.08. The number of hydrogen-bond acceptors (Lipinski definition) is 3. The van der Waals surface area contributed by atoms with Crippen LogP contribution in [0.3, 0.4) is 0 Å². The zero-order chi connectivity index (χ0) is 11.6. The van der Waals surface area contributed by atoms with Crippen LogP contribution in [0.15, 0.2) is 16.6 Å². The van der Waals surface area contributed by atoms with E-state index >= 15 is 0 Å². The lowest BCUT2D eigenvalue weighted by Gasteiger charge is -2.10. The van der Waals surface area contributed by atoms with Crippen LogP contribution in [-0.4, -0.2) is 22.2 Å². The van der Waals surface area contributed by atoms with E-state index in [2.05, 4.69) is 15.9 Å². The summed E-state index contributed by atoms with van der Waals surface area (Å²) in [5.41, 5.74) is 5.44. The number of benzene rings is 1. The molecule has 1 atom stereocenters. The zero-order valence-corrected chi connectivity index (χ0v) is 9.16. The van der Waals surface area contributed by atoms with Crippen molar-refractivity contribution in [2.75, 3.05) is 0 Å². The normalized spacial score (nSPS) is 12.5. The molecule has 0 fully saturated rings. The van der Waals surface area contributed by atoms with E-state index in [0.29, 0.717) is 4.47 Å². The van der Waals surface area contributed by atoms with Gasteiger partial charge in [0, 0.05) is 16.5 Å². The molecule has 1 aromatic carbocycles. The molecule has 4 N–H and O–H groups in total. The van der Waals surface area contributed by atoms with Crippen LogP contribution < -0.4 is 5.73 Å². The lowest BCUT2D eigenvalue weighted by Crippen LogP contribution is -2.32. The molecule has 0 saturated heterocycles.